The summed E-state index contributed by atoms with van der Waals surface area (Å²) in [5, 5.41) is 9.16. The molecule has 0 fully saturated rings. The van der Waals surface area contributed by atoms with E-state index in [0.717, 1.165) is 0 Å². The van der Waals surface area contributed by atoms with E-state index in [1.165, 1.54) is 7.11 Å². The molecule has 5 heteroatoms. The number of nitrogens with two attached hydrogens (primary N) is 1. The molecule has 0 saturated heterocycles. The smallest absolute Gasteiger partial charge is 0.355 e. The molecule has 0 amide bonds. The van der Waals surface area contributed by atoms with Gasteiger partial charge in [0, 0.05) is 11.1 Å². The van der Waals surface area contributed by atoms with Crippen molar-refractivity contribution in [3.8, 4) is 16.9 Å². The number of pyridine rings is 1. The predicted molar refractivity (Wildman–Crippen MR) is 67.6 cm³/mol. The Morgan fingerprint density at radius 1 is 1.22 bits per heavy atom. The van der Waals surface area contributed by atoms with E-state index in [-0.39, 0.29) is 11.5 Å². The maximum absolute atomic E-state index is 11.2. The number of carbonyl (C=O) groups is 1. The third kappa shape index (κ3) is 2.10. The first-order chi connectivity index (χ1) is 8.63. The molecule has 0 atom stereocenters. The van der Waals surface area contributed by atoms with Crippen molar-refractivity contribution in [2.75, 3.05) is 12.8 Å². The molecule has 0 unspecified atom stereocenters. The van der Waals surface area contributed by atoms with Gasteiger partial charge in [0.05, 0.1) is 7.11 Å². The highest BCUT2D eigenvalue weighted by molar-refractivity contribution is 5.95. The van der Waals surface area contributed by atoms with Crippen LogP contribution in [0.4, 0.5) is 5.82 Å². The molecule has 1 aromatic carbocycles. The number of benzene rings is 1. The largest absolute Gasteiger partial charge is 0.496 e. The number of aromatic carboxylic acids is 1. The van der Waals surface area contributed by atoms with Gasteiger partial charge in [-0.1, -0.05) is 18.2 Å². The molecule has 0 spiro atoms. The Kier molecular flexibility index (Phi) is 3.14. The zero-order chi connectivity index (χ0) is 13.1. The average Bonchev–Trinajstić information content (AvgIpc) is 2.38. The van der Waals surface area contributed by atoms with E-state index >= 15 is 0 Å². The number of aromatic nitrogens is 1. The van der Waals surface area contributed by atoms with Crippen LogP contribution in [0.25, 0.3) is 11.1 Å². The van der Waals surface area contributed by atoms with Crippen LogP contribution >= 0.6 is 0 Å². The SMILES string of the molecule is COc1ccccc1-c1ccc(N)nc1C(=O)O. The molecule has 1 aromatic heterocycles. The first-order valence-electron chi connectivity index (χ1n) is 5.26. The second-order valence-electron chi connectivity index (χ2n) is 3.64. The molecule has 1 heterocycles. The van der Waals surface area contributed by atoms with Crippen molar-refractivity contribution in [1.29, 1.82) is 0 Å². The van der Waals surface area contributed by atoms with Crippen LogP contribution in [0.3, 0.4) is 0 Å². The Labute approximate surface area is 104 Å². The molecule has 18 heavy (non-hydrogen) atoms. The molecular formula is C13H12N2O3. The van der Waals surface area contributed by atoms with E-state index in [9.17, 15) is 4.79 Å². The van der Waals surface area contributed by atoms with Crippen molar-refractivity contribution in [2.24, 2.45) is 0 Å². The van der Waals surface area contributed by atoms with E-state index < -0.39 is 5.97 Å². The fourth-order valence-corrected chi connectivity index (χ4v) is 1.72. The number of ether oxygens (including phenoxy) is 1. The lowest BCUT2D eigenvalue weighted by molar-refractivity contribution is 0.0691. The summed E-state index contributed by atoms with van der Waals surface area (Å²) in [6.45, 7) is 0. The summed E-state index contributed by atoms with van der Waals surface area (Å²) < 4.78 is 5.21. The van der Waals surface area contributed by atoms with Crippen LogP contribution in [-0.2, 0) is 0 Å². The summed E-state index contributed by atoms with van der Waals surface area (Å²) in [4.78, 5) is 15.0. The number of carboxylic acids is 1. The number of nitrogens with zero attached hydrogens (tertiary/aromatic N) is 1. The zero-order valence-corrected chi connectivity index (χ0v) is 9.75. The first kappa shape index (κ1) is 11.9. The fourth-order valence-electron chi connectivity index (χ4n) is 1.72. The Hall–Kier alpha value is -2.56. The van der Waals surface area contributed by atoms with Crippen LogP contribution in [0.1, 0.15) is 10.5 Å². The number of nitrogen functional groups attached to an aromatic ring is 1. The van der Waals surface area contributed by atoms with Crippen molar-refractivity contribution < 1.29 is 14.6 Å². The highest BCUT2D eigenvalue weighted by atomic mass is 16.5. The third-order valence-electron chi connectivity index (χ3n) is 2.52. The van der Waals surface area contributed by atoms with Crippen molar-refractivity contribution in [2.45, 2.75) is 0 Å². The number of methoxy groups -OCH3 is 1. The monoisotopic (exact) mass is 244 g/mol. The van der Waals surface area contributed by atoms with Crippen molar-refractivity contribution in [3.63, 3.8) is 0 Å². The first-order valence-corrected chi connectivity index (χ1v) is 5.26. The highest BCUT2D eigenvalue weighted by Gasteiger charge is 2.16. The molecule has 3 N–H and O–H groups in total. The number of rotatable bonds is 3. The van der Waals surface area contributed by atoms with Crippen LogP contribution in [-0.4, -0.2) is 23.2 Å². The minimum Gasteiger partial charge on any atom is -0.496 e. The quantitative estimate of drug-likeness (QED) is 0.862. The van der Waals surface area contributed by atoms with Gasteiger partial charge in [-0.25, -0.2) is 9.78 Å². The Morgan fingerprint density at radius 3 is 2.61 bits per heavy atom. The van der Waals surface area contributed by atoms with Crippen LogP contribution in [0.5, 0.6) is 5.75 Å². The van der Waals surface area contributed by atoms with Crippen LogP contribution in [0.15, 0.2) is 36.4 Å². The van der Waals surface area contributed by atoms with E-state index in [1.54, 1.807) is 30.3 Å². The molecule has 5 nitrogen and oxygen atoms in total. The number of hydrogen-bond donors (Lipinski definition) is 2. The maximum Gasteiger partial charge on any atom is 0.355 e. The summed E-state index contributed by atoms with van der Waals surface area (Å²) in [6.07, 6.45) is 0. The standard InChI is InChI=1S/C13H12N2O3/c1-18-10-5-3-2-4-8(10)9-6-7-11(14)15-12(9)13(16)17/h2-7H,1H3,(H2,14,15)(H,16,17). The molecular weight excluding hydrogens is 232 g/mol. The molecule has 0 saturated carbocycles. The van der Waals surface area contributed by atoms with Gasteiger partial charge in [-0.05, 0) is 18.2 Å². The zero-order valence-electron chi connectivity index (χ0n) is 9.75. The van der Waals surface area contributed by atoms with Gasteiger partial charge < -0.3 is 15.6 Å². The molecule has 0 aliphatic carbocycles. The van der Waals surface area contributed by atoms with Gasteiger partial charge in [0.15, 0.2) is 5.69 Å². The molecule has 2 aromatic rings. The van der Waals surface area contributed by atoms with Crippen LogP contribution in [0, 0.1) is 0 Å². The van der Waals surface area contributed by atoms with E-state index in [0.29, 0.717) is 16.9 Å². The minimum absolute atomic E-state index is 0.0838. The van der Waals surface area contributed by atoms with Crippen molar-refractivity contribution in [1.82, 2.24) is 4.98 Å². The average molecular weight is 244 g/mol. The maximum atomic E-state index is 11.2. The Bertz CT molecular complexity index is 597. The molecule has 0 aliphatic heterocycles. The number of para-hydroxylation sites is 1. The lowest BCUT2D eigenvalue weighted by Gasteiger charge is -2.10. The summed E-state index contributed by atoms with van der Waals surface area (Å²) in [5.41, 5.74) is 6.58. The van der Waals surface area contributed by atoms with Gasteiger partial charge in [0.1, 0.15) is 11.6 Å². The summed E-state index contributed by atoms with van der Waals surface area (Å²) in [5.74, 6) is -0.360. The van der Waals surface area contributed by atoms with Gasteiger partial charge in [0.25, 0.3) is 0 Å². The van der Waals surface area contributed by atoms with Gasteiger partial charge in [-0.3, -0.25) is 0 Å². The van der Waals surface area contributed by atoms with Crippen molar-refractivity contribution >= 4 is 11.8 Å². The van der Waals surface area contributed by atoms with Crippen molar-refractivity contribution in [3.05, 3.63) is 42.1 Å². The topological polar surface area (TPSA) is 85.4 Å². The summed E-state index contributed by atoms with van der Waals surface area (Å²) in [7, 11) is 1.53. The summed E-state index contributed by atoms with van der Waals surface area (Å²) in [6, 6.07) is 10.3. The second-order valence-corrected chi connectivity index (χ2v) is 3.64. The normalized spacial score (nSPS) is 10.1. The van der Waals surface area contributed by atoms with Gasteiger partial charge in [-0.15, -0.1) is 0 Å². The highest BCUT2D eigenvalue weighted by Crippen LogP contribution is 2.31. The molecule has 0 radical (unpaired) electrons. The van der Waals surface area contributed by atoms with Crippen LogP contribution < -0.4 is 10.5 Å². The van der Waals surface area contributed by atoms with E-state index in [2.05, 4.69) is 4.98 Å². The number of carboxylic acid groups (broad SMARTS) is 1. The predicted octanol–water partition coefficient (Wildman–Crippen LogP) is 2.04. The Morgan fingerprint density at radius 2 is 1.94 bits per heavy atom. The number of anilines is 1. The molecule has 0 bridgehead atoms. The van der Waals surface area contributed by atoms with E-state index in [4.69, 9.17) is 15.6 Å². The molecule has 0 aliphatic rings. The van der Waals surface area contributed by atoms with Gasteiger partial charge in [0.2, 0.25) is 0 Å². The Balaban J connectivity index is 2.67. The minimum atomic E-state index is -1.12. The van der Waals surface area contributed by atoms with Gasteiger partial charge in [-0.2, -0.15) is 0 Å². The fraction of sp³-hybridized carbons (Fsp3) is 0.0769. The molecule has 92 valence electrons. The van der Waals surface area contributed by atoms with Crippen LogP contribution in [0.2, 0.25) is 0 Å². The second kappa shape index (κ2) is 4.75. The van der Waals surface area contributed by atoms with Gasteiger partial charge >= 0.3 is 5.97 Å². The lowest BCUT2D eigenvalue weighted by atomic mass is 10.0. The molecule has 2 rings (SSSR count). The summed E-state index contributed by atoms with van der Waals surface area (Å²) >= 11 is 0. The third-order valence-corrected chi connectivity index (χ3v) is 2.52. The van der Waals surface area contributed by atoms with E-state index in [1.807, 2.05) is 6.07 Å². The lowest BCUT2D eigenvalue weighted by Crippen LogP contribution is -2.06. The number of hydrogen-bond acceptors (Lipinski definition) is 4.